The zero-order chi connectivity index (χ0) is 26.7. The molecular formula is C23H25FN6O6S. The minimum Gasteiger partial charge on any atom is -0.494 e. The second kappa shape index (κ2) is 10.5. The second-order valence-electron chi connectivity index (χ2n) is 7.87. The Morgan fingerprint density at radius 2 is 1.68 bits per heavy atom. The third kappa shape index (κ3) is 5.11. The summed E-state index contributed by atoms with van der Waals surface area (Å²) in [6.07, 6.45) is 0.759. The molecule has 3 heterocycles. The fraction of sp³-hybridized carbons (Fsp3) is 0.304. The number of aryl methyl sites for hydroxylation is 1. The van der Waals surface area contributed by atoms with E-state index in [9.17, 15) is 12.8 Å². The van der Waals surface area contributed by atoms with E-state index in [0.717, 1.165) is 12.4 Å². The molecule has 14 heteroatoms. The van der Waals surface area contributed by atoms with E-state index >= 15 is 0 Å². The zero-order valence-corrected chi connectivity index (χ0v) is 21.5. The average Bonchev–Trinajstić information content (AvgIpc) is 3.50. The van der Waals surface area contributed by atoms with E-state index in [-0.39, 0.29) is 17.6 Å². The Morgan fingerprint density at radius 1 is 1.03 bits per heavy atom. The van der Waals surface area contributed by atoms with Gasteiger partial charge in [-0.05, 0) is 38.1 Å². The summed E-state index contributed by atoms with van der Waals surface area (Å²) in [5, 5.41) is 7.06. The molecule has 0 aliphatic rings. The van der Waals surface area contributed by atoms with E-state index in [0.29, 0.717) is 28.7 Å². The number of benzene rings is 1. The highest BCUT2D eigenvalue weighted by molar-refractivity contribution is 7.93. The summed E-state index contributed by atoms with van der Waals surface area (Å²) in [5.74, 6) is 1.08. The molecule has 4 aromatic rings. The largest absolute Gasteiger partial charge is 0.494 e. The number of halogens is 1. The fourth-order valence-corrected chi connectivity index (χ4v) is 4.82. The van der Waals surface area contributed by atoms with Gasteiger partial charge in [0.05, 0.1) is 26.6 Å². The molecule has 2 atom stereocenters. The Bertz CT molecular complexity index is 1470. The van der Waals surface area contributed by atoms with Crippen LogP contribution in [0.4, 0.5) is 10.3 Å². The molecule has 3 aromatic heterocycles. The van der Waals surface area contributed by atoms with Gasteiger partial charge in [0.15, 0.2) is 17.4 Å². The first-order valence-electron chi connectivity index (χ1n) is 11.0. The second-order valence-corrected chi connectivity index (χ2v) is 9.91. The van der Waals surface area contributed by atoms with Crippen molar-refractivity contribution in [2.75, 3.05) is 26.1 Å². The maximum absolute atomic E-state index is 13.5. The maximum atomic E-state index is 13.5. The number of hydrogen-bond acceptors (Lipinski definition) is 10. The molecule has 196 valence electrons. The molecule has 0 spiro atoms. The molecule has 0 unspecified atom stereocenters. The van der Waals surface area contributed by atoms with Gasteiger partial charge in [0.1, 0.15) is 34.3 Å². The molecule has 1 aromatic carbocycles. The van der Waals surface area contributed by atoms with E-state index in [1.54, 1.807) is 37.3 Å². The summed E-state index contributed by atoms with van der Waals surface area (Å²) in [6.45, 7) is 3.17. The standard InChI is InChI=1S/C23H25FN6O6S/c1-13-9-10-18(36-13)22-27-28-23(30(22)19-16(33-3)7-6-8-17(19)34-4)29-37(31,32)14(2)20(35-5)21-25-11-15(24)12-26-21/h6-12,14,20H,1-5H3,(H,28,29)/t14-,20-/m1/s1. The van der Waals surface area contributed by atoms with Gasteiger partial charge >= 0.3 is 0 Å². The Hall–Kier alpha value is -4.04. The van der Waals surface area contributed by atoms with Crippen molar-refractivity contribution in [3.8, 4) is 28.8 Å². The molecule has 4 rings (SSSR count). The van der Waals surface area contributed by atoms with Crippen LogP contribution < -0.4 is 14.2 Å². The van der Waals surface area contributed by atoms with Crippen LogP contribution in [0, 0.1) is 12.7 Å². The van der Waals surface area contributed by atoms with Gasteiger partial charge in [0.25, 0.3) is 0 Å². The monoisotopic (exact) mass is 532 g/mol. The van der Waals surface area contributed by atoms with Crippen molar-refractivity contribution in [3.05, 3.63) is 60.1 Å². The highest BCUT2D eigenvalue weighted by atomic mass is 32.2. The van der Waals surface area contributed by atoms with E-state index < -0.39 is 27.2 Å². The van der Waals surface area contributed by atoms with Crippen LogP contribution in [-0.2, 0) is 14.8 Å². The average molecular weight is 533 g/mol. The fourth-order valence-electron chi connectivity index (χ4n) is 3.69. The Kier molecular flexibility index (Phi) is 7.40. The van der Waals surface area contributed by atoms with Crippen molar-refractivity contribution in [2.45, 2.75) is 25.2 Å². The summed E-state index contributed by atoms with van der Waals surface area (Å²) in [5.41, 5.74) is 0.345. The maximum Gasteiger partial charge on any atom is 0.243 e. The molecule has 37 heavy (non-hydrogen) atoms. The quantitative estimate of drug-likeness (QED) is 0.323. The van der Waals surface area contributed by atoms with Gasteiger partial charge in [0.2, 0.25) is 21.8 Å². The number of anilines is 1. The Morgan fingerprint density at radius 3 is 2.22 bits per heavy atom. The topological polar surface area (TPSA) is 143 Å². The Labute approximate surface area is 212 Å². The van der Waals surface area contributed by atoms with Crippen LogP contribution in [0.5, 0.6) is 11.5 Å². The lowest BCUT2D eigenvalue weighted by atomic mass is 10.2. The van der Waals surface area contributed by atoms with Crippen LogP contribution in [0.3, 0.4) is 0 Å². The number of sulfonamides is 1. The lowest BCUT2D eigenvalue weighted by molar-refractivity contribution is 0.0948. The molecule has 0 fully saturated rings. The van der Waals surface area contributed by atoms with Crippen LogP contribution >= 0.6 is 0 Å². The van der Waals surface area contributed by atoms with Gasteiger partial charge in [0, 0.05) is 7.11 Å². The molecule has 0 bridgehead atoms. The van der Waals surface area contributed by atoms with Crippen LogP contribution in [0.15, 0.2) is 47.1 Å². The molecule has 12 nitrogen and oxygen atoms in total. The number of ether oxygens (including phenoxy) is 3. The van der Waals surface area contributed by atoms with Crippen LogP contribution in [0.25, 0.3) is 17.3 Å². The summed E-state index contributed by atoms with van der Waals surface area (Å²) >= 11 is 0. The van der Waals surface area contributed by atoms with Crippen molar-refractivity contribution in [2.24, 2.45) is 0 Å². The van der Waals surface area contributed by atoms with E-state index in [1.165, 1.54) is 32.8 Å². The van der Waals surface area contributed by atoms with Crippen LogP contribution in [0.2, 0.25) is 0 Å². The zero-order valence-electron chi connectivity index (χ0n) is 20.7. The predicted octanol–water partition coefficient (Wildman–Crippen LogP) is 3.30. The first kappa shape index (κ1) is 26.0. The normalized spacial score (nSPS) is 13.2. The molecule has 0 saturated carbocycles. The molecular weight excluding hydrogens is 507 g/mol. The van der Waals surface area contributed by atoms with Gasteiger partial charge in [-0.25, -0.2) is 22.8 Å². The third-order valence-electron chi connectivity index (χ3n) is 5.55. The molecule has 0 aliphatic carbocycles. The number of furan rings is 1. The van der Waals surface area contributed by atoms with Crippen molar-refractivity contribution in [1.82, 2.24) is 24.7 Å². The number of nitrogens with zero attached hydrogens (tertiary/aromatic N) is 5. The highest BCUT2D eigenvalue weighted by Crippen LogP contribution is 2.38. The molecule has 0 radical (unpaired) electrons. The number of aromatic nitrogens is 5. The first-order chi connectivity index (χ1) is 17.7. The van der Waals surface area contributed by atoms with Gasteiger partial charge in [-0.3, -0.25) is 9.29 Å². The van der Waals surface area contributed by atoms with E-state index in [1.807, 2.05) is 0 Å². The number of para-hydroxylation sites is 1. The molecule has 0 saturated heterocycles. The molecule has 0 amide bonds. The minimum absolute atomic E-state index is 0.00129. The smallest absolute Gasteiger partial charge is 0.243 e. The summed E-state index contributed by atoms with van der Waals surface area (Å²) in [6, 6.07) is 8.52. The lowest BCUT2D eigenvalue weighted by Crippen LogP contribution is -2.33. The van der Waals surface area contributed by atoms with Gasteiger partial charge in [-0.2, -0.15) is 0 Å². The molecule has 0 aliphatic heterocycles. The summed E-state index contributed by atoms with van der Waals surface area (Å²) in [4.78, 5) is 7.73. The summed E-state index contributed by atoms with van der Waals surface area (Å²) < 4.78 is 66.4. The van der Waals surface area contributed by atoms with Crippen molar-refractivity contribution < 1.29 is 31.4 Å². The molecule has 1 N–H and O–H groups in total. The lowest BCUT2D eigenvalue weighted by Gasteiger charge is -2.22. The first-order valence-corrected chi connectivity index (χ1v) is 12.5. The number of hydrogen-bond donors (Lipinski definition) is 1. The van der Waals surface area contributed by atoms with Crippen LogP contribution in [0.1, 0.15) is 24.6 Å². The number of rotatable bonds is 10. The SMILES string of the molecule is COc1cccc(OC)c1-n1c(NS(=O)(=O)[C@H](C)[C@@H](OC)c2ncc(F)cn2)nnc1-c1ccc(C)o1. The Balaban J connectivity index is 1.82. The van der Waals surface area contributed by atoms with Crippen molar-refractivity contribution in [1.29, 1.82) is 0 Å². The number of nitrogens with one attached hydrogen (secondary N) is 1. The predicted molar refractivity (Wildman–Crippen MR) is 131 cm³/mol. The van der Waals surface area contributed by atoms with Gasteiger partial charge < -0.3 is 18.6 Å². The summed E-state index contributed by atoms with van der Waals surface area (Å²) in [7, 11) is 0.0467. The number of methoxy groups -OCH3 is 3. The highest BCUT2D eigenvalue weighted by Gasteiger charge is 2.35. The van der Waals surface area contributed by atoms with E-state index in [4.69, 9.17) is 18.6 Å². The van der Waals surface area contributed by atoms with Crippen molar-refractivity contribution in [3.63, 3.8) is 0 Å². The van der Waals surface area contributed by atoms with Crippen molar-refractivity contribution >= 4 is 16.0 Å². The third-order valence-corrected chi connectivity index (χ3v) is 7.24. The van der Waals surface area contributed by atoms with E-state index in [2.05, 4.69) is 24.9 Å². The minimum atomic E-state index is -4.20. The van der Waals surface area contributed by atoms with Gasteiger partial charge in [-0.15, -0.1) is 10.2 Å². The van der Waals surface area contributed by atoms with Crippen LogP contribution in [-0.4, -0.2) is 59.7 Å². The van der Waals surface area contributed by atoms with Gasteiger partial charge in [-0.1, -0.05) is 6.07 Å².